The van der Waals surface area contributed by atoms with Crippen LogP contribution in [0.15, 0.2) is 101 Å². The largest absolute Gasteiger partial charge is 0.237 e. The molecule has 0 aliphatic carbocycles. The molecular formula is C21H17N3O2S. The van der Waals surface area contributed by atoms with Crippen molar-refractivity contribution < 1.29 is 8.42 Å². The van der Waals surface area contributed by atoms with E-state index in [-0.39, 0.29) is 0 Å². The van der Waals surface area contributed by atoms with Gasteiger partial charge in [0.2, 0.25) is 9.84 Å². The number of aromatic nitrogens is 3. The zero-order chi connectivity index (χ0) is 18.7. The summed E-state index contributed by atoms with van der Waals surface area (Å²) in [5.41, 5.74) is 2.07. The molecule has 2 aromatic heterocycles. The summed E-state index contributed by atoms with van der Waals surface area (Å²) in [5, 5.41) is 4.16. The van der Waals surface area contributed by atoms with Crippen LogP contribution in [0.4, 0.5) is 0 Å². The van der Waals surface area contributed by atoms with Crippen LogP contribution >= 0.6 is 0 Å². The summed E-state index contributed by atoms with van der Waals surface area (Å²) in [6.45, 7) is 0. The minimum absolute atomic E-state index is 0.296. The zero-order valence-corrected chi connectivity index (χ0v) is 15.3. The first-order valence-corrected chi connectivity index (χ1v) is 9.95. The highest BCUT2D eigenvalue weighted by atomic mass is 32.2. The lowest BCUT2D eigenvalue weighted by atomic mass is 10.1. The number of hydrogen-bond donors (Lipinski definition) is 0. The first-order chi connectivity index (χ1) is 13.1. The van der Waals surface area contributed by atoms with E-state index < -0.39 is 9.84 Å². The normalized spacial score (nSPS) is 11.4. The maximum absolute atomic E-state index is 12.6. The minimum Gasteiger partial charge on any atom is -0.237 e. The summed E-state index contributed by atoms with van der Waals surface area (Å²) in [6, 6.07) is 21.2. The van der Waals surface area contributed by atoms with Crippen molar-refractivity contribution in [3.63, 3.8) is 0 Å². The molecule has 0 amide bonds. The Morgan fingerprint density at radius 2 is 1.48 bits per heavy atom. The molecule has 134 valence electrons. The van der Waals surface area contributed by atoms with E-state index in [1.54, 1.807) is 53.3 Å². The maximum atomic E-state index is 12.6. The fourth-order valence-corrected chi connectivity index (χ4v) is 4.10. The van der Waals surface area contributed by atoms with Crippen molar-refractivity contribution in [2.24, 2.45) is 0 Å². The van der Waals surface area contributed by atoms with Crippen molar-refractivity contribution in [1.82, 2.24) is 14.8 Å². The Kier molecular flexibility index (Phi) is 4.56. The third-order valence-corrected chi connectivity index (χ3v) is 6.03. The van der Waals surface area contributed by atoms with Crippen molar-refractivity contribution in [2.75, 3.05) is 0 Å². The van der Waals surface area contributed by atoms with Crippen LogP contribution in [0.25, 0.3) is 5.82 Å². The molecule has 6 heteroatoms. The highest BCUT2D eigenvalue weighted by Crippen LogP contribution is 2.21. The fourth-order valence-electron chi connectivity index (χ4n) is 2.82. The quantitative estimate of drug-likeness (QED) is 0.534. The van der Waals surface area contributed by atoms with E-state index in [1.807, 2.05) is 42.7 Å². The molecule has 0 aliphatic heterocycles. The van der Waals surface area contributed by atoms with Crippen LogP contribution in [0.3, 0.4) is 0 Å². The monoisotopic (exact) mass is 375 g/mol. The molecule has 4 rings (SSSR count). The van der Waals surface area contributed by atoms with Gasteiger partial charge in [0.15, 0.2) is 5.82 Å². The summed E-state index contributed by atoms with van der Waals surface area (Å²) in [7, 11) is -3.48. The average molecular weight is 375 g/mol. The second-order valence-electron chi connectivity index (χ2n) is 6.11. The summed E-state index contributed by atoms with van der Waals surface area (Å²) < 4.78 is 27.0. The van der Waals surface area contributed by atoms with Gasteiger partial charge in [-0.3, -0.25) is 0 Å². The zero-order valence-electron chi connectivity index (χ0n) is 14.4. The number of hydrogen-bond acceptors (Lipinski definition) is 4. The predicted molar refractivity (Wildman–Crippen MR) is 103 cm³/mol. The smallest absolute Gasteiger partial charge is 0.206 e. The van der Waals surface area contributed by atoms with Crippen molar-refractivity contribution in [1.29, 1.82) is 0 Å². The fraction of sp³-hybridized carbons (Fsp3) is 0.0476. The number of nitrogens with zero attached hydrogens (tertiary/aromatic N) is 3. The van der Waals surface area contributed by atoms with E-state index in [0.29, 0.717) is 16.2 Å². The topological polar surface area (TPSA) is 64.8 Å². The van der Waals surface area contributed by atoms with E-state index in [2.05, 4.69) is 10.1 Å². The molecule has 27 heavy (non-hydrogen) atoms. The van der Waals surface area contributed by atoms with Gasteiger partial charge in [-0.15, -0.1) is 0 Å². The Balaban J connectivity index is 1.51. The van der Waals surface area contributed by atoms with Gasteiger partial charge in [0.25, 0.3) is 0 Å². The van der Waals surface area contributed by atoms with Crippen molar-refractivity contribution >= 4 is 9.84 Å². The minimum atomic E-state index is -3.48. The summed E-state index contributed by atoms with van der Waals surface area (Å²) >= 11 is 0. The first kappa shape index (κ1) is 17.2. The highest BCUT2D eigenvalue weighted by Gasteiger charge is 2.16. The standard InChI is InChI=1S/C21H17N3O2S/c25-27(26,19-5-2-1-3-6-19)20-10-7-17(8-11-20)15-18-9-12-21(22-16-18)24-14-4-13-23-24/h1-14,16H,15H2. The van der Waals surface area contributed by atoms with Gasteiger partial charge in [-0.1, -0.05) is 36.4 Å². The molecule has 0 radical (unpaired) electrons. The molecule has 0 fully saturated rings. The Morgan fingerprint density at radius 3 is 2.11 bits per heavy atom. The molecule has 2 aromatic carbocycles. The molecule has 0 atom stereocenters. The van der Waals surface area contributed by atoms with Crippen LogP contribution in [-0.2, 0) is 16.3 Å². The SMILES string of the molecule is O=S(=O)(c1ccccc1)c1ccc(Cc2ccc(-n3cccn3)nc2)cc1. The number of pyridine rings is 1. The molecule has 0 saturated carbocycles. The molecule has 0 aliphatic rings. The van der Waals surface area contributed by atoms with Crippen molar-refractivity contribution in [2.45, 2.75) is 16.2 Å². The van der Waals surface area contributed by atoms with Crippen LogP contribution < -0.4 is 0 Å². The van der Waals surface area contributed by atoms with Crippen LogP contribution in [-0.4, -0.2) is 23.2 Å². The van der Waals surface area contributed by atoms with Gasteiger partial charge in [0.05, 0.1) is 9.79 Å². The van der Waals surface area contributed by atoms with Gasteiger partial charge in [0, 0.05) is 18.6 Å². The molecule has 5 nitrogen and oxygen atoms in total. The third-order valence-electron chi connectivity index (χ3n) is 4.24. The lowest BCUT2D eigenvalue weighted by Crippen LogP contribution is -2.02. The van der Waals surface area contributed by atoms with Gasteiger partial charge in [-0.2, -0.15) is 5.10 Å². The van der Waals surface area contributed by atoms with Gasteiger partial charge < -0.3 is 0 Å². The van der Waals surface area contributed by atoms with E-state index in [0.717, 1.165) is 16.9 Å². The van der Waals surface area contributed by atoms with Crippen molar-refractivity contribution in [3.8, 4) is 5.82 Å². The Hall–Kier alpha value is -3.25. The Morgan fingerprint density at radius 1 is 0.778 bits per heavy atom. The van der Waals surface area contributed by atoms with Gasteiger partial charge >= 0.3 is 0 Å². The third kappa shape index (κ3) is 3.66. The molecule has 4 aromatic rings. The number of benzene rings is 2. The van der Waals surface area contributed by atoms with E-state index in [4.69, 9.17) is 0 Å². The van der Waals surface area contributed by atoms with Gasteiger partial charge in [-0.05, 0) is 53.9 Å². The lowest BCUT2D eigenvalue weighted by Gasteiger charge is -2.07. The van der Waals surface area contributed by atoms with Crippen LogP contribution in [0.5, 0.6) is 0 Å². The molecule has 0 spiro atoms. The summed E-state index contributed by atoms with van der Waals surface area (Å²) in [5.74, 6) is 0.757. The van der Waals surface area contributed by atoms with Crippen LogP contribution in [0.2, 0.25) is 0 Å². The number of sulfone groups is 1. The summed E-state index contributed by atoms with van der Waals surface area (Å²) in [4.78, 5) is 5.02. The highest BCUT2D eigenvalue weighted by molar-refractivity contribution is 7.91. The first-order valence-electron chi connectivity index (χ1n) is 8.47. The van der Waals surface area contributed by atoms with E-state index >= 15 is 0 Å². The van der Waals surface area contributed by atoms with E-state index in [1.165, 1.54) is 0 Å². The van der Waals surface area contributed by atoms with Crippen LogP contribution in [0.1, 0.15) is 11.1 Å². The number of rotatable bonds is 5. The Labute approximate surface area is 157 Å². The lowest BCUT2D eigenvalue weighted by molar-refractivity contribution is 0.596. The van der Waals surface area contributed by atoms with Crippen LogP contribution in [0, 0.1) is 0 Å². The summed E-state index contributed by atoms with van der Waals surface area (Å²) in [6.07, 6.45) is 6.04. The van der Waals surface area contributed by atoms with Gasteiger partial charge in [0.1, 0.15) is 0 Å². The molecule has 0 saturated heterocycles. The molecule has 0 N–H and O–H groups in total. The second-order valence-corrected chi connectivity index (χ2v) is 8.06. The second kappa shape index (κ2) is 7.17. The molecule has 0 bridgehead atoms. The maximum Gasteiger partial charge on any atom is 0.206 e. The van der Waals surface area contributed by atoms with Gasteiger partial charge in [-0.25, -0.2) is 18.1 Å². The predicted octanol–water partition coefficient (Wildman–Crippen LogP) is 3.69. The molecule has 0 unspecified atom stereocenters. The molecule has 2 heterocycles. The molecular weight excluding hydrogens is 358 g/mol. The average Bonchev–Trinajstić information content (AvgIpc) is 3.25. The van der Waals surface area contributed by atoms with Crippen molar-refractivity contribution in [3.05, 3.63) is 103 Å². The Bertz CT molecular complexity index is 1120. The van der Waals surface area contributed by atoms with E-state index in [9.17, 15) is 8.42 Å².